The molecule has 4 bridgehead atoms. The number of carbonyl (C=O) groups is 3. The van der Waals surface area contributed by atoms with Crippen LogP contribution in [0.5, 0.6) is 0 Å². The molecule has 6 nitrogen and oxygen atoms in total. The molecule has 4 fully saturated rings. The predicted octanol–water partition coefficient (Wildman–Crippen LogP) is 3.81. The molecule has 1 atom stereocenters. The van der Waals surface area contributed by atoms with Crippen LogP contribution in [0.2, 0.25) is 0 Å². The Morgan fingerprint density at radius 1 is 1.00 bits per heavy atom. The molecule has 4 saturated carbocycles. The summed E-state index contributed by atoms with van der Waals surface area (Å²) in [6.45, 7) is 7.13. The number of anilines is 1. The fourth-order valence-corrected chi connectivity index (χ4v) is 6.61. The van der Waals surface area contributed by atoms with E-state index in [4.69, 9.17) is 4.74 Å². The number of esters is 1. The summed E-state index contributed by atoms with van der Waals surface area (Å²) in [6.07, 6.45) is 6.64. The van der Waals surface area contributed by atoms with Gasteiger partial charge in [0.25, 0.3) is 5.91 Å². The van der Waals surface area contributed by atoms with E-state index in [0.29, 0.717) is 17.8 Å². The summed E-state index contributed by atoms with van der Waals surface area (Å²) in [7, 11) is 0. The molecule has 1 aromatic carbocycles. The molecule has 6 heteroatoms. The quantitative estimate of drug-likeness (QED) is 0.678. The third kappa shape index (κ3) is 4.48. The van der Waals surface area contributed by atoms with Gasteiger partial charge in [-0.2, -0.15) is 0 Å². The number of nitrogens with one attached hydrogen (secondary N) is 2. The molecule has 0 radical (unpaired) electrons. The van der Waals surface area contributed by atoms with Crippen LogP contribution in [0.15, 0.2) is 12.1 Å². The smallest absolute Gasteiger partial charge is 0.328 e. The van der Waals surface area contributed by atoms with Gasteiger partial charge < -0.3 is 15.4 Å². The van der Waals surface area contributed by atoms with Gasteiger partial charge in [-0.25, -0.2) is 4.79 Å². The molecule has 0 spiro atoms. The molecule has 4 aliphatic rings. The van der Waals surface area contributed by atoms with Crippen molar-refractivity contribution in [1.82, 2.24) is 5.32 Å². The van der Waals surface area contributed by atoms with Crippen LogP contribution in [0.25, 0.3) is 0 Å². The summed E-state index contributed by atoms with van der Waals surface area (Å²) in [4.78, 5) is 37.8. The standard InChI is InChI=1S/C25H34N2O4/c1-14-5-15(2)22(16(3)6-14)27-21(28)13-31-23(29)17(4)26-24(30)25-10-18-7-19(11-25)9-20(8-18)12-25/h5-6,17-20H,7-13H2,1-4H3,(H,26,30)(H,27,28)/t17-,18?,19?,20?,25?/m0/s1. The number of rotatable bonds is 6. The lowest BCUT2D eigenvalue weighted by atomic mass is 9.49. The molecule has 0 aromatic heterocycles. The van der Waals surface area contributed by atoms with E-state index in [1.165, 1.54) is 19.3 Å². The minimum atomic E-state index is -0.767. The lowest BCUT2D eigenvalue weighted by Crippen LogP contribution is -2.56. The largest absolute Gasteiger partial charge is 0.454 e. The highest BCUT2D eigenvalue weighted by Crippen LogP contribution is 2.60. The van der Waals surface area contributed by atoms with Crippen LogP contribution in [0.4, 0.5) is 5.69 Å². The zero-order valence-electron chi connectivity index (χ0n) is 19.0. The zero-order chi connectivity index (χ0) is 22.3. The van der Waals surface area contributed by atoms with E-state index in [9.17, 15) is 14.4 Å². The van der Waals surface area contributed by atoms with Gasteiger partial charge in [-0.1, -0.05) is 17.7 Å². The monoisotopic (exact) mass is 426 g/mol. The maximum atomic E-state index is 13.1. The van der Waals surface area contributed by atoms with E-state index in [2.05, 4.69) is 10.6 Å². The van der Waals surface area contributed by atoms with Crippen LogP contribution in [0.1, 0.15) is 62.1 Å². The molecule has 31 heavy (non-hydrogen) atoms. The first-order valence-corrected chi connectivity index (χ1v) is 11.5. The first-order chi connectivity index (χ1) is 14.6. The minimum Gasteiger partial charge on any atom is -0.454 e. The van der Waals surface area contributed by atoms with Crippen LogP contribution < -0.4 is 10.6 Å². The Morgan fingerprint density at radius 3 is 2.03 bits per heavy atom. The van der Waals surface area contributed by atoms with Crippen molar-refractivity contribution >= 4 is 23.5 Å². The van der Waals surface area contributed by atoms with Crippen molar-refractivity contribution in [3.8, 4) is 0 Å². The normalized spacial score (nSPS) is 29.4. The van der Waals surface area contributed by atoms with Crippen LogP contribution in [-0.2, 0) is 19.1 Å². The topological polar surface area (TPSA) is 84.5 Å². The van der Waals surface area contributed by atoms with Gasteiger partial charge in [-0.3, -0.25) is 9.59 Å². The Kier molecular flexibility index (Phi) is 5.84. The molecule has 0 heterocycles. The van der Waals surface area contributed by atoms with Crippen molar-refractivity contribution in [2.45, 2.75) is 72.3 Å². The molecule has 168 valence electrons. The van der Waals surface area contributed by atoms with Gasteiger partial charge in [-0.15, -0.1) is 0 Å². The number of ether oxygens (including phenoxy) is 1. The van der Waals surface area contributed by atoms with Gasteiger partial charge in [-0.05, 0) is 95.1 Å². The summed E-state index contributed by atoms with van der Waals surface area (Å²) < 4.78 is 5.20. The van der Waals surface area contributed by atoms with Crippen molar-refractivity contribution in [2.24, 2.45) is 23.2 Å². The third-order valence-electron chi connectivity index (χ3n) is 7.51. The summed E-state index contributed by atoms with van der Waals surface area (Å²) in [5, 5.41) is 5.72. The average molecular weight is 427 g/mol. The average Bonchev–Trinajstić information content (AvgIpc) is 2.67. The van der Waals surface area contributed by atoms with Crippen LogP contribution in [0.3, 0.4) is 0 Å². The molecule has 4 aliphatic carbocycles. The Labute approximate surface area is 184 Å². The van der Waals surface area contributed by atoms with E-state index in [1.54, 1.807) is 6.92 Å². The van der Waals surface area contributed by atoms with E-state index in [1.807, 2.05) is 32.9 Å². The van der Waals surface area contributed by atoms with Crippen molar-refractivity contribution in [1.29, 1.82) is 0 Å². The minimum absolute atomic E-state index is 0.00796. The van der Waals surface area contributed by atoms with Gasteiger partial charge in [0.2, 0.25) is 5.91 Å². The fraction of sp³-hybridized carbons (Fsp3) is 0.640. The third-order valence-corrected chi connectivity index (χ3v) is 7.51. The highest BCUT2D eigenvalue weighted by Gasteiger charge is 2.54. The zero-order valence-corrected chi connectivity index (χ0v) is 19.0. The van der Waals surface area contributed by atoms with Gasteiger partial charge in [0.15, 0.2) is 6.61 Å². The van der Waals surface area contributed by atoms with E-state index >= 15 is 0 Å². The van der Waals surface area contributed by atoms with Gasteiger partial charge >= 0.3 is 5.97 Å². The lowest BCUT2D eigenvalue weighted by Gasteiger charge is -2.55. The van der Waals surface area contributed by atoms with Crippen molar-refractivity contribution in [3.63, 3.8) is 0 Å². The fourth-order valence-electron chi connectivity index (χ4n) is 6.61. The van der Waals surface area contributed by atoms with E-state index in [0.717, 1.165) is 41.6 Å². The Morgan fingerprint density at radius 2 is 1.52 bits per heavy atom. The summed E-state index contributed by atoms with van der Waals surface area (Å²) in [5.41, 5.74) is 3.50. The number of benzene rings is 1. The van der Waals surface area contributed by atoms with E-state index in [-0.39, 0.29) is 23.8 Å². The van der Waals surface area contributed by atoms with Crippen molar-refractivity contribution in [2.75, 3.05) is 11.9 Å². The SMILES string of the molecule is Cc1cc(C)c(NC(=O)COC(=O)[C@H](C)NC(=O)C23CC4CC(CC(C4)C2)C3)c(C)c1. The molecule has 0 unspecified atom stereocenters. The van der Waals surface area contributed by atoms with E-state index < -0.39 is 12.0 Å². The highest BCUT2D eigenvalue weighted by molar-refractivity contribution is 5.95. The number of carbonyl (C=O) groups excluding carboxylic acids is 3. The number of aryl methyl sites for hydroxylation is 3. The molecule has 2 N–H and O–H groups in total. The first-order valence-electron chi connectivity index (χ1n) is 11.5. The highest BCUT2D eigenvalue weighted by atomic mass is 16.5. The number of amides is 2. The molecular formula is C25H34N2O4. The van der Waals surface area contributed by atoms with Gasteiger partial charge in [0.1, 0.15) is 6.04 Å². The number of hydrogen-bond donors (Lipinski definition) is 2. The molecular weight excluding hydrogens is 392 g/mol. The molecule has 1 aromatic rings. The lowest BCUT2D eigenvalue weighted by molar-refractivity contribution is -0.154. The van der Waals surface area contributed by atoms with Crippen LogP contribution >= 0.6 is 0 Å². The maximum absolute atomic E-state index is 13.1. The molecule has 5 rings (SSSR count). The van der Waals surface area contributed by atoms with Crippen molar-refractivity contribution < 1.29 is 19.1 Å². The number of hydrogen-bond acceptors (Lipinski definition) is 4. The second-order valence-corrected chi connectivity index (χ2v) is 10.3. The first kappa shape index (κ1) is 21.8. The van der Waals surface area contributed by atoms with Crippen LogP contribution in [-0.4, -0.2) is 30.4 Å². The Bertz CT molecular complexity index is 848. The Hall–Kier alpha value is -2.37. The molecule has 2 amide bonds. The molecule has 0 aliphatic heterocycles. The Balaban J connectivity index is 1.28. The second kappa shape index (κ2) is 8.29. The summed E-state index contributed by atoms with van der Waals surface area (Å²) >= 11 is 0. The maximum Gasteiger partial charge on any atom is 0.328 e. The predicted molar refractivity (Wildman–Crippen MR) is 118 cm³/mol. The van der Waals surface area contributed by atoms with Gasteiger partial charge in [0, 0.05) is 11.1 Å². The van der Waals surface area contributed by atoms with Gasteiger partial charge in [0.05, 0.1) is 0 Å². The second-order valence-electron chi connectivity index (χ2n) is 10.3. The summed E-state index contributed by atoms with van der Waals surface area (Å²) in [5.74, 6) is 1.02. The van der Waals surface area contributed by atoms with Crippen molar-refractivity contribution in [3.05, 3.63) is 28.8 Å². The van der Waals surface area contributed by atoms with Crippen LogP contribution in [0, 0.1) is 43.9 Å². The molecule has 0 saturated heterocycles. The summed E-state index contributed by atoms with van der Waals surface area (Å²) in [6, 6.07) is 3.23.